The second-order valence-electron chi connectivity index (χ2n) is 4.15. The summed E-state index contributed by atoms with van der Waals surface area (Å²) in [4.78, 5) is 0. The number of halogens is 2. The van der Waals surface area contributed by atoms with Crippen LogP contribution in [0.1, 0.15) is 5.56 Å². The second kappa shape index (κ2) is 8.36. The number of ether oxygens (including phenoxy) is 2. The first-order valence-corrected chi connectivity index (χ1v) is 6.51. The van der Waals surface area contributed by atoms with Gasteiger partial charge in [-0.2, -0.15) is 5.10 Å². The number of rotatable bonds is 5. The van der Waals surface area contributed by atoms with Crippen molar-refractivity contribution in [2.45, 2.75) is 0 Å². The van der Waals surface area contributed by atoms with Crippen LogP contribution in [-0.4, -0.2) is 25.5 Å². The van der Waals surface area contributed by atoms with Gasteiger partial charge in [-0.15, -0.1) is 12.4 Å². The van der Waals surface area contributed by atoms with Gasteiger partial charge in [-0.1, -0.05) is 11.6 Å². The largest absolute Gasteiger partial charge is 0.502 e. The monoisotopic (exact) mass is 342 g/mol. The van der Waals surface area contributed by atoms with Crippen LogP contribution in [0.15, 0.2) is 41.5 Å². The number of phenolic OH excluding ortho intramolecular Hbond substituents is 1. The van der Waals surface area contributed by atoms with Crippen LogP contribution >= 0.6 is 24.0 Å². The number of benzene rings is 2. The van der Waals surface area contributed by atoms with E-state index in [0.717, 1.165) is 11.3 Å². The van der Waals surface area contributed by atoms with E-state index in [2.05, 4.69) is 10.5 Å². The van der Waals surface area contributed by atoms with Crippen LogP contribution in [0.25, 0.3) is 0 Å². The van der Waals surface area contributed by atoms with Crippen LogP contribution in [0, 0.1) is 0 Å². The van der Waals surface area contributed by atoms with Gasteiger partial charge < -0.3 is 14.6 Å². The minimum atomic E-state index is -0.0391. The van der Waals surface area contributed by atoms with Crippen LogP contribution in [0.5, 0.6) is 17.2 Å². The van der Waals surface area contributed by atoms with E-state index in [1.807, 2.05) is 12.1 Å². The Morgan fingerprint density at radius 1 is 1.09 bits per heavy atom. The molecule has 2 aromatic rings. The Labute approximate surface area is 139 Å². The summed E-state index contributed by atoms with van der Waals surface area (Å²) in [5.41, 5.74) is 4.41. The fourth-order valence-electron chi connectivity index (χ4n) is 1.69. The van der Waals surface area contributed by atoms with Crippen molar-refractivity contribution >= 4 is 35.9 Å². The van der Waals surface area contributed by atoms with Gasteiger partial charge in [0.25, 0.3) is 0 Å². The molecule has 0 aromatic heterocycles. The third-order valence-corrected chi connectivity index (χ3v) is 3.01. The van der Waals surface area contributed by atoms with E-state index in [1.54, 1.807) is 30.5 Å². The average molecular weight is 343 g/mol. The molecular formula is C15H16Cl2N2O3. The summed E-state index contributed by atoms with van der Waals surface area (Å²) in [6.07, 6.45) is 1.60. The average Bonchev–Trinajstić information content (AvgIpc) is 2.50. The number of hydrogen-bond donors (Lipinski definition) is 2. The predicted octanol–water partition coefficient (Wildman–Crippen LogP) is 3.93. The number of aromatic hydroxyl groups is 1. The highest BCUT2D eigenvalue weighted by Gasteiger charge is 2.10. The lowest BCUT2D eigenvalue weighted by Gasteiger charge is -2.09. The lowest BCUT2D eigenvalue weighted by molar-refractivity contribution is 0.340. The van der Waals surface area contributed by atoms with Crippen LogP contribution in [-0.2, 0) is 0 Å². The fourth-order valence-corrected chi connectivity index (χ4v) is 1.82. The fraction of sp³-hybridized carbons (Fsp3) is 0.133. The molecule has 0 radical (unpaired) electrons. The summed E-state index contributed by atoms with van der Waals surface area (Å²) >= 11 is 5.81. The zero-order chi connectivity index (χ0) is 15.2. The predicted molar refractivity (Wildman–Crippen MR) is 91.1 cm³/mol. The van der Waals surface area contributed by atoms with Gasteiger partial charge in [0.1, 0.15) is 0 Å². The van der Waals surface area contributed by atoms with E-state index >= 15 is 0 Å². The zero-order valence-corrected chi connectivity index (χ0v) is 13.6. The van der Waals surface area contributed by atoms with E-state index in [0.29, 0.717) is 16.5 Å². The van der Waals surface area contributed by atoms with Crippen molar-refractivity contribution in [1.29, 1.82) is 0 Å². The molecule has 0 spiro atoms. The van der Waals surface area contributed by atoms with Crippen molar-refractivity contribution in [1.82, 2.24) is 0 Å². The molecule has 22 heavy (non-hydrogen) atoms. The number of hydrazone groups is 1. The normalized spacial score (nSPS) is 10.1. The Balaban J connectivity index is 0.00000242. The lowest BCUT2D eigenvalue weighted by atomic mass is 10.2. The minimum absolute atomic E-state index is 0. The standard InChI is InChI=1S/C15H15ClN2O3.ClH/c1-20-13-7-10(8-14(21-2)15(13)19)9-17-18-12-5-3-11(16)4-6-12;/h3-9,18-19H,1-2H3;1H. The number of phenols is 1. The van der Waals surface area contributed by atoms with Gasteiger partial charge in [0.15, 0.2) is 11.5 Å². The molecule has 0 saturated heterocycles. The van der Waals surface area contributed by atoms with Crippen molar-refractivity contribution in [3.8, 4) is 17.2 Å². The van der Waals surface area contributed by atoms with Crippen LogP contribution in [0.4, 0.5) is 5.69 Å². The van der Waals surface area contributed by atoms with E-state index in [1.165, 1.54) is 14.2 Å². The van der Waals surface area contributed by atoms with Crippen LogP contribution in [0.2, 0.25) is 5.02 Å². The highest BCUT2D eigenvalue weighted by atomic mass is 35.5. The quantitative estimate of drug-likeness (QED) is 0.638. The van der Waals surface area contributed by atoms with Gasteiger partial charge in [0, 0.05) is 10.6 Å². The maximum atomic E-state index is 9.82. The molecule has 0 saturated carbocycles. The highest BCUT2D eigenvalue weighted by Crippen LogP contribution is 2.36. The highest BCUT2D eigenvalue weighted by molar-refractivity contribution is 6.30. The molecule has 0 atom stereocenters. The van der Waals surface area contributed by atoms with E-state index < -0.39 is 0 Å². The third-order valence-electron chi connectivity index (χ3n) is 2.75. The van der Waals surface area contributed by atoms with Crippen LogP contribution in [0.3, 0.4) is 0 Å². The Hall–Kier alpha value is -2.11. The molecule has 2 N–H and O–H groups in total. The molecular weight excluding hydrogens is 327 g/mol. The van der Waals surface area contributed by atoms with Crippen molar-refractivity contribution in [2.75, 3.05) is 19.6 Å². The first-order valence-electron chi connectivity index (χ1n) is 6.13. The summed E-state index contributed by atoms with van der Waals surface area (Å²) in [6.45, 7) is 0. The van der Waals surface area contributed by atoms with Crippen LogP contribution < -0.4 is 14.9 Å². The Bertz CT molecular complexity index is 621. The Kier molecular flexibility index (Phi) is 6.82. The number of anilines is 1. The molecule has 0 amide bonds. The smallest absolute Gasteiger partial charge is 0.200 e. The zero-order valence-electron chi connectivity index (χ0n) is 12.0. The van der Waals surface area contributed by atoms with Gasteiger partial charge in [0.2, 0.25) is 5.75 Å². The molecule has 0 aliphatic carbocycles. The number of hydrogen-bond acceptors (Lipinski definition) is 5. The molecule has 2 rings (SSSR count). The summed E-state index contributed by atoms with van der Waals surface area (Å²) in [6, 6.07) is 10.5. The molecule has 0 aliphatic heterocycles. The molecule has 2 aromatic carbocycles. The Morgan fingerprint density at radius 3 is 2.14 bits per heavy atom. The maximum Gasteiger partial charge on any atom is 0.200 e. The van der Waals surface area contributed by atoms with Gasteiger partial charge in [-0.25, -0.2) is 0 Å². The molecule has 5 nitrogen and oxygen atoms in total. The van der Waals surface area contributed by atoms with Gasteiger partial charge in [-0.3, -0.25) is 5.43 Å². The summed E-state index contributed by atoms with van der Waals surface area (Å²) in [5.74, 6) is 0.604. The minimum Gasteiger partial charge on any atom is -0.502 e. The molecule has 0 aliphatic rings. The third kappa shape index (κ3) is 4.44. The van der Waals surface area contributed by atoms with Crippen molar-refractivity contribution in [3.05, 3.63) is 47.0 Å². The molecule has 7 heteroatoms. The summed E-state index contributed by atoms with van der Waals surface area (Å²) < 4.78 is 10.2. The SMILES string of the molecule is COc1cc(C=NNc2ccc(Cl)cc2)cc(OC)c1O.Cl. The van der Waals surface area contributed by atoms with Gasteiger partial charge >= 0.3 is 0 Å². The first-order chi connectivity index (χ1) is 10.1. The second-order valence-corrected chi connectivity index (χ2v) is 4.59. The molecule has 118 valence electrons. The van der Waals surface area contributed by atoms with Crippen molar-refractivity contribution in [3.63, 3.8) is 0 Å². The maximum absolute atomic E-state index is 9.82. The van der Waals surface area contributed by atoms with Crippen molar-refractivity contribution in [2.24, 2.45) is 5.10 Å². The van der Waals surface area contributed by atoms with Gasteiger partial charge in [0.05, 0.1) is 26.1 Å². The number of methoxy groups -OCH3 is 2. The Morgan fingerprint density at radius 2 is 1.64 bits per heavy atom. The molecule has 0 bridgehead atoms. The molecule has 0 unspecified atom stereocenters. The summed E-state index contributed by atoms with van der Waals surface area (Å²) in [7, 11) is 2.95. The number of nitrogens with zero attached hydrogens (tertiary/aromatic N) is 1. The first kappa shape index (κ1) is 17.9. The van der Waals surface area contributed by atoms with Crippen molar-refractivity contribution < 1.29 is 14.6 Å². The van der Waals surface area contributed by atoms with E-state index in [9.17, 15) is 5.11 Å². The molecule has 0 heterocycles. The van der Waals surface area contributed by atoms with E-state index in [-0.39, 0.29) is 18.2 Å². The topological polar surface area (TPSA) is 63.1 Å². The summed E-state index contributed by atoms with van der Waals surface area (Å²) in [5, 5.41) is 14.6. The number of nitrogens with one attached hydrogen (secondary N) is 1. The van der Waals surface area contributed by atoms with E-state index in [4.69, 9.17) is 21.1 Å². The lowest BCUT2D eigenvalue weighted by Crippen LogP contribution is -1.94. The molecule has 0 fully saturated rings. The van der Waals surface area contributed by atoms with Gasteiger partial charge in [-0.05, 0) is 36.4 Å².